The van der Waals surface area contributed by atoms with Gasteiger partial charge in [-0.05, 0) is 31.6 Å². The molecule has 3 nitrogen and oxygen atoms in total. The van der Waals surface area contributed by atoms with Crippen molar-refractivity contribution in [1.82, 2.24) is 0 Å². The van der Waals surface area contributed by atoms with Crippen LogP contribution in [0.15, 0.2) is 0 Å². The normalized spacial score (nSPS) is 44.9. The van der Waals surface area contributed by atoms with Gasteiger partial charge in [-0.3, -0.25) is 4.79 Å². The Balaban J connectivity index is 2.38. The summed E-state index contributed by atoms with van der Waals surface area (Å²) in [6.45, 7) is 8.10. The Morgan fingerprint density at radius 1 is 1.41 bits per heavy atom. The fourth-order valence-electron chi connectivity index (χ4n) is 3.62. The standard InChI is InChI=1S/C14H21NO2/c1-9-5-6-14(4)7-10(8-15)11(16)13(2,3)12(14)17-9/h9-10,12H,5-7H2,1-4H3/t9-,10?,12-,14-/m0/s1. The molecule has 0 N–H and O–H groups in total. The molecule has 94 valence electrons. The molecule has 1 aliphatic carbocycles. The summed E-state index contributed by atoms with van der Waals surface area (Å²) >= 11 is 0. The minimum Gasteiger partial charge on any atom is -0.374 e. The molecule has 1 unspecified atom stereocenters. The molecule has 3 heteroatoms. The van der Waals surface area contributed by atoms with Crippen LogP contribution in [0.2, 0.25) is 0 Å². The summed E-state index contributed by atoms with van der Waals surface area (Å²) in [7, 11) is 0. The first-order valence-corrected chi connectivity index (χ1v) is 6.40. The number of hydrogen-bond donors (Lipinski definition) is 0. The number of carbonyl (C=O) groups excluding carboxylic acids is 1. The van der Waals surface area contributed by atoms with Crippen molar-refractivity contribution in [2.45, 2.75) is 59.2 Å². The van der Waals surface area contributed by atoms with Crippen LogP contribution in [-0.2, 0) is 9.53 Å². The molecular formula is C14H21NO2. The lowest BCUT2D eigenvalue weighted by Crippen LogP contribution is -2.59. The van der Waals surface area contributed by atoms with E-state index in [2.05, 4.69) is 19.9 Å². The van der Waals surface area contributed by atoms with Crippen molar-refractivity contribution in [2.24, 2.45) is 16.7 Å². The van der Waals surface area contributed by atoms with Gasteiger partial charge in [0.25, 0.3) is 0 Å². The molecule has 0 aromatic heterocycles. The van der Waals surface area contributed by atoms with E-state index in [1.165, 1.54) is 0 Å². The Bertz CT molecular complexity index is 382. The lowest BCUT2D eigenvalue weighted by atomic mass is 9.55. The van der Waals surface area contributed by atoms with Crippen LogP contribution in [0, 0.1) is 28.1 Å². The largest absolute Gasteiger partial charge is 0.374 e. The number of rotatable bonds is 0. The van der Waals surface area contributed by atoms with E-state index < -0.39 is 11.3 Å². The van der Waals surface area contributed by atoms with Crippen LogP contribution < -0.4 is 0 Å². The molecule has 0 spiro atoms. The van der Waals surface area contributed by atoms with Gasteiger partial charge in [0.15, 0.2) is 5.78 Å². The molecule has 2 aliphatic rings. The zero-order valence-corrected chi connectivity index (χ0v) is 11.1. The molecule has 1 saturated carbocycles. The number of ketones is 1. The molecule has 1 saturated heterocycles. The molecule has 1 aliphatic heterocycles. The Kier molecular flexibility index (Phi) is 2.82. The molecule has 17 heavy (non-hydrogen) atoms. The maximum absolute atomic E-state index is 12.3. The van der Waals surface area contributed by atoms with Crippen molar-refractivity contribution in [2.75, 3.05) is 0 Å². The topological polar surface area (TPSA) is 50.1 Å². The Hall–Kier alpha value is -0.880. The van der Waals surface area contributed by atoms with Crippen molar-refractivity contribution in [3.05, 3.63) is 0 Å². The summed E-state index contributed by atoms with van der Waals surface area (Å²) in [4.78, 5) is 12.3. The third-order valence-electron chi connectivity index (χ3n) is 4.56. The average molecular weight is 235 g/mol. The minimum absolute atomic E-state index is 0.0235. The summed E-state index contributed by atoms with van der Waals surface area (Å²) < 4.78 is 6.04. The molecule has 0 aromatic rings. The van der Waals surface area contributed by atoms with Gasteiger partial charge >= 0.3 is 0 Å². The molecule has 0 aromatic carbocycles. The molecule has 0 radical (unpaired) electrons. The minimum atomic E-state index is -0.540. The van der Waals surface area contributed by atoms with E-state index in [9.17, 15) is 4.79 Å². The SMILES string of the molecule is C[C@H]1CC[C@@]2(C)CC(C#N)C(=O)C(C)(C)[C@@H]2O1. The predicted octanol–water partition coefficient (Wildman–Crippen LogP) is 2.70. The van der Waals surface area contributed by atoms with Gasteiger partial charge in [0, 0.05) is 0 Å². The van der Waals surface area contributed by atoms with Crippen LogP contribution >= 0.6 is 0 Å². The first-order valence-electron chi connectivity index (χ1n) is 6.40. The summed E-state index contributed by atoms with van der Waals surface area (Å²) in [5.74, 6) is -0.403. The highest BCUT2D eigenvalue weighted by molar-refractivity contribution is 5.90. The zero-order chi connectivity index (χ0) is 12.8. The maximum atomic E-state index is 12.3. The molecular weight excluding hydrogens is 214 g/mol. The monoisotopic (exact) mass is 235 g/mol. The van der Waals surface area contributed by atoms with Gasteiger partial charge in [-0.1, -0.05) is 20.8 Å². The number of Topliss-reactive ketones (excluding diaryl/α,β-unsaturated/α-hetero) is 1. The second-order valence-electron chi connectivity index (χ2n) is 6.49. The second-order valence-corrected chi connectivity index (χ2v) is 6.49. The third kappa shape index (κ3) is 1.79. The average Bonchev–Trinajstić information content (AvgIpc) is 2.27. The van der Waals surface area contributed by atoms with Crippen molar-refractivity contribution in [3.8, 4) is 6.07 Å². The van der Waals surface area contributed by atoms with Gasteiger partial charge in [-0.25, -0.2) is 0 Å². The quantitative estimate of drug-likeness (QED) is 0.648. The van der Waals surface area contributed by atoms with Gasteiger partial charge in [0.2, 0.25) is 0 Å². The molecule has 0 bridgehead atoms. The van der Waals surface area contributed by atoms with E-state index in [0.717, 1.165) is 12.8 Å². The Morgan fingerprint density at radius 2 is 2.06 bits per heavy atom. The molecule has 4 atom stereocenters. The van der Waals surface area contributed by atoms with Gasteiger partial charge in [-0.2, -0.15) is 5.26 Å². The smallest absolute Gasteiger partial charge is 0.158 e. The molecule has 0 amide bonds. The highest BCUT2D eigenvalue weighted by Gasteiger charge is 2.57. The third-order valence-corrected chi connectivity index (χ3v) is 4.56. The van der Waals surface area contributed by atoms with Crippen LogP contribution in [0.4, 0.5) is 0 Å². The lowest BCUT2D eigenvalue weighted by Gasteiger charge is -2.54. The summed E-state index contributed by atoms with van der Waals surface area (Å²) in [5, 5.41) is 9.14. The van der Waals surface area contributed by atoms with E-state index >= 15 is 0 Å². The van der Waals surface area contributed by atoms with Crippen LogP contribution in [-0.4, -0.2) is 18.0 Å². The Morgan fingerprint density at radius 3 is 2.65 bits per heavy atom. The van der Waals surface area contributed by atoms with Crippen LogP contribution in [0.5, 0.6) is 0 Å². The van der Waals surface area contributed by atoms with Crippen molar-refractivity contribution >= 4 is 5.78 Å². The van der Waals surface area contributed by atoms with Crippen molar-refractivity contribution in [1.29, 1.82) is 5.26 Å². The fourth-order valence-corrected chi connectivity index (χ4v) is 3.62. The number of nitriles is 1. The highest BCUT2D eigenvalue weighted by atomic mass is 16.5. The van der Waals surface area contributed by atoms with Gasteiger partial charge in [0.05, 0.1) is 23.7 Å². The first-order chi connectivity index (χ1) is 7.81. The van der Waals surface area contributed by atoms with Crippen molar-refractivity contribution in [3.63, 3.8) is 0 Å². The summed E-state index contributed by atoms with van der Waals surface area (Å²) in [6, 6.07) is 2.17. The summed E-state index contributed by atoms with van der Waals surface area (Å²) in [6.07, 6.45) is 2.90. The van der Waals surface area contributed by atoms with Crippen LogP contribution in [0.3, 0.4) is 0 Å². The predicted molar refractivity (Wildman–Crippen MR) is 64.2 cm³/mol. The number of hydrogen-bond acceptors (Lipinski definition) is 3. The zero-order valence-electron chi connectivity index (χ0n) is 11.1. The van der Waals surface area contributed by atoms with Crippen molar-refractivity contribution < 1.29 is 9.53 Å². The second kappa shape index (κ2) is 3.81. The van der Waals surface area contributed by atoms with E-state index in [4.69, 9.17) is 10.00 Å². The first kappa shape index (κ1) is 12.6. The number of fused-ring (bicyclic) bond motifs is 1. The molecule has 1 heterocycles. The van der Waals surface area contributed by atoms with E-state index in [1.54, 1.807) is 0 Å². The maximum Gasteiger partial charge on any atom is 0.158 e. The number of nitrogens with zero attached hydrogens (tertiary/aromatic N) is 1. The molecule has 2 fully saturated rings. The summed E-state index contributed by atoms with van der Waals surface area (Å²) in [5.41, 5.74) is -0.563. The van der Waals surface area contributed by atoms with Gasteiger partial charge in [0.1, 0.15) is 5.92 Å². The highest BCUT2D eigenvalue weighted by Crippen LogP contribution is 2.53. The Labute approximate surface area is 103 Å². The van der Waals surface area contributed by atoms with Gasteiger partial charge in [-0.15, -0.1) is 0 Å². The van der Waals surface area contributed by atoms with Crippen LogP contribution in [0.1, 0.15) is 47.0 Å². The van der Waals surface area contributed by atoms with Crippen LogP contribution in [0.25, 0.3) is 0 Å². The lowest BCUT2D eigenvalue weighted by molar-refractivity contribution is -0.194. The van der Waals surface area contributed by atoms with E-state index in [0.29, 0.717) is 6.42 Å². The molecule has 2 rings (SSSR count). The number of ether oxygens (including phenoxy) is 1. The van der Waals surface area contributed by atoms with E-state index in [1.807, 2.05) is 13.8 Å². The van der Waals surface area contributed by atoms with Gasteiger partial charge < -0.3 is 4.74 Å². The fraction of sp³-hybridized carbons (Fsp3) is 0.857. The van der Waals surface area contributed by atoms with E-state index in [-0.39, 0.29) is 23.4 Å². The number of carbonyl (C=O) groups is 1.